The van der Waals surface area contributed by atoms with E-state index >= 15 is 0 Å². The number of carbonyl (C=O) groups excluding carboxylic acids is 1. The van der Waals surface area contributed by atoms with E-state index in [1.54, 1.807) is 4.68 Å². The number of hydrogen-bond acceptors (Lipinski definition) is 3. The van der Waals surface area contributed by atoms with Crippen LogP contribution in [0.5, 0.6) is 0 Å². The summed E-state index contributed by atoms with van der Waals surface area (Å²) in [7, 11) is 0. The Labute approximate surface area is 125 Å². The molecule has 0 aliphatic rings. The van der Waals surface area contributed by atoms with Gasteiger partial charge in [-0.3, -0.25) is 4.79 Å². The number of hydrogen-bond donors (Lipinski definition) is 1. The molecule has 0 unspecified atom stereocenters. The third-order valence-corrected chi connectivity index (χ3v) is 3.28. The van der Waals surface area contributed by atoms with Crippen molar-refractivity contribution in [2.45, 2.75) is 39.5 Å². The van der Waals surface area contributed by atoms with E-state index in [0.717, 1.165) is 24.2 Å². The lowest BCUT2D eigenvalue weighted by Crippen LogP contribution is -2.26. The topological polar surface area (TPSA) is 59.8 Å². The van der Waals surface area contributed by atoms with Gasteiger partial charge in [0.15, 0.2) is 5.69 Å². The lowest BCUT2D eigenvalue weighted by atomic mass is 10.1. The summed E-state index contributed by atoms with van der Waals surface area (Å²) in [5.41, 5.74) is 2.18. The molecule has 2 aromatic rings. The minimum atomic E-state index is -0.144. The van der Waals surface area contributed by atoms with Gasteiger partial charge >= 0.3 is 0 Å². The maximum atomic E-state index is 12.3. The zero-order chi connectivity index (χ0) is 15.2. The van der Waals surface area contributed by atoms with Crippen LogP contribution in [0.25, 0.3) is 5.69 Å². The molecule has 112 valence electrons. The van der Waals surface area contributed by atoms with Gasteiger partial charge in [0, 0.05) is 6.54 Å². The van der Waals surface area contributed by atoms with Gasteiger partial charge in [0.2, 0.25) is 0 Å². The summed E-state index contributed by atoms with van der Waals surface area (Å²) in [4.78, 5) is 12.3. The number of amides is 1. The number of unbranched alkanes of at least 4 members (excludes halogenated alkanes) is 1. The number of para-hydroxylation sites is 1. The summed E-state index contributed by atoms with van der Waals surface area (Å²) in [6, 6.07) is 9.76. The third-order valence-electron chi connectivity index (χ3n) is 3.28. The molecular weight excluding hydrogens is 264 g/mol. The fourth-order valence-corrected chi connectivity index (χ4v) is 2.19. The quantitative estimate of drug-likeness (QED) is 0.831. The first-order valence-corrected chi connectivity index (χ1v) is 7.44. The molecule has 0 saturated heterocycles. The van der Waals surface area contributed by atoms with Crippen LogP contribution in [0, 0.1) is 0 Å². The summed E-state index contributed by atoms with van der Waals surface area (Å²) in [5.74, 6) is 0.0152. The van der Waals surface area contributed by atoms with Crippen molar-refractivity contribution >= 4 is 5.91 Å². The molecule has 0 bridgehead atoms. The second-order valence-electron chi connectivity index (χ2n) is 5.33. The first-order valence-electron chi connectivity index (χ1n) is 7.44. The Morgan fingerprint density at radius 2 is 2.00 bits per heavy atom. The Morgan fingerprint density at radius 3 is 2.62 bits per heavy atom. The Balaban J connectivity index is 2.31. The number of carbonyl (C=O) groups is 1. The van der Waals surface area contributed by atoms with Crippen LogP contribution in [-0.2, 0) is 0 Å². The normalized spacial score (nSPS) is 10.9. The van der Waals surface area contributed by atoms with E-state index in [4.69, 9.17) is 0 Å². The predicted molar refractivity (Wildman–Crippen MR) is 82.7 cm³/mol. The van der Waals surface area contributed by atoms with Gasteiger partial charge in [0.05, 0.1) is 11.4 Å². The summed E-state index contributed by atoms with van der Waals surface area (Å²) in [6.45, 7) is 6.85. The summed E-state index contributed by atoms with van der Waals surface area (Å²) in [5, 5.41) is 11.2. The van der Waals surface area contributed by atoms with Crippen LogP contribution in [0.1, 0.15) is 55.7 Å². The third kappa shape index (κ3) is 3.48. The molecule has 21 heavy (non-hydrogen) atoms. The van der Waals surface area contributed by atoms with Crippen molar-refractivity contribution in [2.24, 2.45) is 0 Å². The highest BCUT2D eigenvalue weighted by Gasteiger charge is 2.22. The van der Waals surface area contributed by atoms with Crippen LogP contribution in [0.2, 0.25) is 0 Å². The van der Waals surface area contributed by atoms with Crippen LogP contribution < -0.4 is 5.32 Å². The molecule has 2 rings (SSSR count). The monoisotopic (exact) mass is 286 g/mol. The second kappa shape index (κ2) is 7.02. The number of benzene rings is 1. The molecule has 0 fully saturated rings. The van der Waals surface area contributed by atoms with Crippen LogP contribution >= 0.6 is 0 Å². The van der Waals surface area contributed by atoms with Crippen LogP contribution in [0.15, 0.2) is 30.3 Å². The van der Waals surface area contributed by atoms with E-state index < -0.39 is 0 Å². The first-order chi connectivity index (χ1) is 10.1. The van der Waals surface area contributed by atoms with Crippen molar-refractivity contribution in [3.8, 4) is 5.69 Å². The molecule has 0 atom stereocenters. The molecule has 1 aromatic carbocycles. The molecule has 5 nitrogen and oxygen atoms in total. The smallest absolute Gasteiger partial charge is 0.273 e. The van der Waals surface area contributed by atoms with Gasteiger partial charge in [-0.15, -0.1) is 5.10 Å². The number of rotatable bonds is 6. The Bertz CT molecular complexity index is 590. The van der Waals surface area contributed by atoms with E-state index in [1.165, 1.54) is 0 Å². The summed E-state index contributed by atoms with van der Waals surface area (Å²) >= 11 is 0. The minimum Gasteiger partial charge on any atom is -0.351 e. The molecule has 0 radical (unpaired) electrons. The molecule has 1 N–H and O–H groups in total. The maximum absolute atomic E-state index is 12.3. The Kier molecular flexibility index (Phi) is 5.09. The van der Waals surface area contributed by atoms with Crippen LogP contribution in [0.3, 0.4) is 0 Å². The van der Waals surface area contributed by atoms with Gasteiger partial charge in [0.1, 0.15) is 0 Å². The van der Waals surface area contributed by atoms with E-state index in [1.807, 2.05) is 44.2 Å². The number of nitrogens with zero attached hydrogens (tertiary/aromatic N) is 3. The molecule has 1 heterocycles. The van der Waals surface area contributed by atoms with Gasteiger partial charge in [-0.05, 0) is 24.5 Å². The average molecular weight is 286 g/mol. The molecule has 0 aliphatic heterocycles. The summed E-state index contributed by atoms with van der Waals surface area (Å²) in [6.07, 6.45) is 2.02. The van der Waals surface area contributed by atoms with Crippen molar-refractivity contribution in [1.82, 2.24) is 20.3 Å². The highest BCUT2D eigenvalue weighted by molar-refractivity contribution is 5.93. The van der Waals surface area contributed by atoms with Crippen molar-refractivity contribution in [3.63, 3.8) is 0 Å². The zero-order valence-electron chi connectivity index (χ0n) is 12.8. The molecule has 0 aliphatic carbocycles. The van der Waals surface area contributed by atoms with Gasteiger partial charge < -0.3 is 5.32 Å². The molecule has 0 spiro atoms. The molecular formula is C16H22N4O. The fraction of sp³-hybridized carbons (Fsp3) is 0.438. The van der Waals surface area contributed by atoms with Gasteiger partial charge in [-0.1, -0.05) is 50.6 Å². The summed E-state index contributed by atoms with van der Waals surface area (Å²) < 4.78 is 1.75. The standard InChI is InChI=1S/C16H22N4O/c1-4-5-11-17-16(21)14-15(12(2)3)20(19-18-14)13-9-7-6-8-10-13/h6-10,12H,4-5,11H2,1-3H3,(H,17,21). The van der Waals surface area contributed by atoms with E-state index in [2.05, 4.69) is 22.6 Å². The molecule has 5 heteroatoms. The minimum absolute atomic E-state index is 0.144. The van der Waals surface area contributed by atoms with Gasteiger partial charge in [0.25, 0.3) is 5.91 Å². The van der Waals surface area contributed by atoms with Crippen molar-refractivity contribution in [2.75, 3.05) is 6.54 Å². The first kappa shape index (κ1) is 15.2. The number of nitrogens with one attached hydrogen (secondary N) is 1. The zero-order valence-corrected chi connectivity index (χ0v) is 12.8. The highest BCUT2D eigenvalue weighted by Crippen LogP contribution is 2.21. The van der Waals surface area contributed by atoms with Crippen LogP contribution in [-0.4, -0.2) is 27.4 Å². The lowest BCUT2D eigenvalue weighted by Gasteiger charge is -2.11. The highest BCUT2D eigenvalue weighted by atomic mass is 16.2. The van der Waals surface area contributed by atoms with Crippen molar-refractivity contribution < 1.29 is 4.79 Å². The fourth-order valence-electron chi connectivity index (χ4n) is 2.19. The second-order valence-corrected chi connectivity index (χ2v) is 5.33. The SMILES string of the molecule is CCCCNC(=O)c1nnn(-c2ccccc2)c1C(C)C. The van der Waals surface area contributed by atoms with E-state index in [9.17, 15) is 4.79 Å². The lowest BCUT2D eigenvalue weighted by molar-refractivity contribution is 0.0946. The largest absolute Gasteiger partial charge is 0.351 e. The Hall–Kier alpha value is -2.17. The molecule has 1 aromatic heterocycles. The van der Waals surface area contributed by atoms with E-state index in [-0.39, 0.29) is 11.8 Å². The molecule has 1 amide bonds. The van der Waals surface area contributed by atoms with E-state index in [0.29, 0.717) is 12.2 Å². The van der Waals surface area contributed by atoms with Gasteiger partial charge in [-0.2, -0.15) is 0 Å². The van der Waals surface area contributed by atoms with Gasteiger partial charge in [-0.25, -0.2) is 4.68 Å². The Morgan fingerprint density at radius 1 is 1.29 bits per heavy atom. The molecule has 0 saturated carbocycles. The average Bonchev–Trinajstić information content (AvgIpc) is 2.93. The predicted octanol–water partition coefficient (Wildman–Crippen LogP) is 2.92. The number of aromatic nitrogens is 3. The maximum Gasteiger partial charge on any atom is 0.273 e. The van der Waals surface area contributed by atoms with Crippen molar-refractivity contribution in [3.05, 3.63) is 41.7 Å². The van der Waals surface area contributed by atoms with Crippen LogP contribution in [0.4, 0.5) is 0 Å². The van der Waals surface area contributed by atoms with Crippen molar-refractivity contribution in [1.29, 1.82) is 0 Å².